The van der Waals surface area contributed by atoms with Gasteiger partial charge >= 0.3 is 0 Å². The van der Waals surface area contributed by atoms with Crippen molar-refractivity contribution in [3.8, 4) is 5.75 Å². The van der Waals surface area contributed by atoms with Gasteiger partial charge in [0.25, 0.3) is 5.91 Å². The van der Waals surface area contributed by atoms with Crippen LogP contribution in [0.3, 0.4) is 0 Å². The molecule has 0 unspecified atom stereocenters. The van der Waals surface area contributed by atoms with E-state index < -0.39 is 24.1 Å². The van der Waals surface area contributed by atoms with Crippen LogP contribution in [0.2, 0.25) is 0 Å². The van der Waals surface area contributed by atoms with Crippen molar-refractivity contribution >= 4 is 23.2 Å². The number of amides is 2. The molecule has 2 N–H and O–H groups in total. The van der Waals surface area contributed by atoms with E-state index in [2.05, 4.69) is 10.6 Å². The van der Waals surface area contributed by atoms with Crippen molar-refractivity contribution in [1.82, 2.24) is 0 Å². The molecule has 2 aromatic rings. The molecule has 0 saturated heterocycles. The van der Waals surface area contributed by atoms with Gasteiger partial charge < -0.3 is 15.4 Å². The van der Waals surface area contributed by atoms with Crippen molar-refractivity contribution in [2.75, 3.05) is 17.2 Å². The maximum atomic E-state index is 13.4. The van der Waals surface area contributed by atoms with Crippen LogP contribution < -0.4 is 15.4 Å². The Kier molecular flexibility index (Phi) is 4.92. The molecule has 2 amide bonds. The molecular formula is C18H16F2N2O3. The molecule has 130 valence electrons. The maximum Gasteiger partial charge on any atom is 0.262 e. The molecule has 3 rings (SSSR count). The van der Waals surface area contributed by atoms with Gasteiger partial charge in [0, 0.05) is 23.4 Å². The van der Waals surface area contributed by atoms with E-state index in [0.29, 0.717) is 17.4 Å². The molecular weight excluding hydrogens is 330 g/mol. The third kappa shape index (κ3) is 4.76. The summed E-state index contributed by atoms with van der Waals surface area (Å²) in [6, 6.07) is 9.53. The first kappa shape index (κ1) is 16.9. The van der Waals surface area contributed by atoms with Crippen LogP contribution in [0.5, 0.6) is 5.75 Å². The number of halogens is 2. The summed E-state index contributed by atoms with van der Waals surface area (Å²) in [6.07, 6.45) is 1.80. The molecule has 0 radical (unpaired) electrons. The Morgan fingerprint density at radius 3 is 2.44 bits per heavy atom. The van der Waals surface area contributed by atoms with Gasteiger partial charge in [0.15, 0.2) is 18.2 Å². The Hall–Kier alpha value is -2.96. The van der Waals surface area contributed by atoms with E-state index in [0.717, 1.165) is 25.0 Å². The monoisotopic (exact) mass is 346 g/mol. The van der Waals surface area contributed by atoms with Gasteiger partial charge in [-0.3, -0.25) is 9.59 Å². The highest BCUT2D eigenvalue weighted by atomic mass is 19.1. The number of carbonyl (C=O) groups excluding carboxylic acids is 2. The van der Waals surface area contributed by atoms with Crippen LogP contribution in [0.1, 0.15) is 12.8 Å². The summed E-state index contributed by atoms with van der Waals surface area (Å²) in [5.41, 5.74) is 1.06. The average Bonchev–Trinajstić information content (AvgIpc) is 3.39. The first-order chi connectivity index (χ1) is 12.0. The number of ether oxygens (including phenoxy) is 1. The number of nitrogens with one attached hydrogen (secondary N) is 2. The van der Waals surface area contributed by atoms with Crippen molar-refractivity contribution in [3.05, 3.63) is 54.1 Å². The van der Waals surface area contributed by atoms with Crippen molar-refractivity contribution in [3.63, 3.8) is 0 Å². The van der Waals surface area contributed by atoms with E-state index >= 15 is 0 Å². The molecule has 0 atom stereocenters. The van der Waals surface area contributed by atoms with Gasteiger partial charge in [0.1, 0.15) is 5.82 Å². The summed E-state index contributed by atoms with van der Waals surface area (Å²) >= 11 is 0. The minimum atomic E-state index is -0.877. The third-order valence-electron chi connectivity index (χ3n) is 3.61. The number of benzene rings is 2. The fraction of sp³-hybridized carbons (Fsp3) is 0.222. The standard InChI is InChI=1S/C18H16F2N2O3/c19-12-6-7-16(15(20)8-12)25-10-17(23)21-13-2-1-3-14(9-13)22-18(24)11-4-5-11/h1-3,6-9,11H,4-5,10H2,(H,21,23)(H,22,24). The number of hydrogen-bond acceptors (Lipinski definition) is 3. The minimum Gasteiger partial charge on any atom is -0.481 e. The molecule has 5 nitrogen and oxygen atoms in total. The summed E-state index contributed by atoms with van der Waals surface area (Å²) in [5.74, 6) is -2.26. The normalized spacial score (nSPS) is 13.2. The Bertz CT molecular complexity index is 807. The molecule has 1 aliphatic carbocycles. The second-order valence-electron chi connectivity index (χ2n) is 5.76. The molecule has 1 aliphatic rings. The zero-order chi connectivity index (χ0) is 17.8. The summed E-state index contributed by atoms with van der Waals surface area (Å²) in [4.78, 5) is 23.6. The second kappa shape index (κ2) is 7.29. The molecule has 7 heteroatoms. The quantitative estimate of drug-likeness (QED) is 0.843. The number of carbonyl (C=O) groups is 2. The maximum absolute atomic E-state index is 13.4. The first-order valence-corrected chi connectivity index (χ1v) is 7.80. The van der Waals surface area contributed by atoms with E-state index in [9.17, 15) is 18.4 Å². The molecule has 0 aliphatic heterocycles. The summed E-state index contributed by atoms with van der Waals surface area (Å²) in [6.45, 7) is -0.429. The Morgan fingerprint density at radius 1 is 1.04 bits per heavy atom. The van der Waals surface area contributed by atoms with Crippen LogP contribution in [0.25, 0.3) is 0 Å². The number of hydrogen-bond donors (Lipinski definition) is 2. The predicted molar refractivity (Wildman–Crippen MR) is 88.3 cm³/mol. The van der Waals surface area contributed by atoms with E-state index in [1.807, 2.05) is 0 Å². The molecule has 0 spiro atoms. The zero-order valence-corrected chi connectivity index (χ0v) is 13.2. The predicted octanol–water partition coefficient (Wildman–Crippen LogP) is 3.33. The number of anilines is 2. The highest BCUT2D eigenvalue weighted by molar-refractivity contribution is 5.96. The van der Waals surface area contributed by atoms with Crippen LogP contribution in [-0.2, 0) is 9.59 Å². The lowest BCUT2D eigenvalue weighted by atomic mass is 10.2. The molecule has 0 bridgehead atoms. The van der Waals surface area contributed by atoms with Gasteiger partial charge in [0.2, 0.25) is 5.91 Å². The van der Waals surface area contributed by atoms with Crippen LogP contribution in [0.15, 0.2) is 42.5 Å². The van der Waals surface area contributed by atoms with Gasteiger partial charge in [0.05, 0.1) is 0 Å². The number of rotatable bonds is 6. The lowest BCUT2D eigenvalue weighted by molar-refractivity contribution is -0.118. The Labute approximate surface area is 143 Å². The van der Waals surface area contributed by atoms with Crippen molar-refractivity contribution in [2.45, 2.75) is 12.8 Å². The van der Waals surface area contributed by atoms with Crippen LogP contribution in [-0.4, -0.2) is 18.4 Å². The van der Waals surface area contributed by atoms with Gasteiger partial charge in [-0.05, 0) is 43.2 Å². The van der Waals surface area contributed by atoms with E-state index in [1.165, 1.54) is 0 Å². The summed E-state index contributed by atoms with van der Waals surface area (Å²) in [5, 5.41) is 5.37. The Morgan fingerprint density at radius 2 is 1.76 bits per heavy atom. The fourth-order valence-electron chi connectivity index (χ4n) is 2.20. The molecule has 1 saturated carbocycles. The van der Waals surface area contributed by atoms with E-state index in [-0.39, 0.29) is 17.6 Å². The van der Waals surface area contributed by atoms with Gasteiger partial charge in [-0.2, -0.15) is 0 Å². The summed E-state index contributed by atoms with van der Waals surface area (Å²) < 4.78 is 31.3. The van der Waals surface area contributed by atoms with Crippen LogP contribution in [0, 0.1) is 17.6 Å². The highest BCUT2D eigenvalue weighted by Crippen LogP contribution is 2.30. The first-order valence-electron chi connectivity index (χ1n) is 7.80. The molecule has 2 aromatic carbocycles. The van der Waals surface area contributed by atoms with Gasteiger partial charge in [-0.25, -0.2) is 8.78 Å². The van der Waals surface area contributed by atoms with Gasteiger partial charge in [-0.1, -0.05) is 6.07 Å². The third-order valence-corrected chi connectivity index (χ3v) is 3.61. The average molecular weight is 346 g/mol. The fourth-order valence-corrected chi connectivity index (χ4v) is 2.20. The van der Waals surface area contributed by atoms with Crippen LogP contribution >= 0.6 is 0 Å². The lowest BCUT2D eigenvalue weighted by Gasteiger charge is -2.10. The summed E-state index contributed by atoms with van der Waals surface area (Å²) in [7, 11) is 0. The molecule has 1 fully saturated rings. The zero-order valence-electron chi connectivity index (χ0n) is 13.2. The smallest absolute Gasteiger partial charge is 0.262 e. The second-order valence-corrected chi connectivity index (χ2v) is 5.76. The van der Waals surface area contributed by atoms with Crippen molar-refractivity contribution in [1.29, 1.82) is 0 Å². The van der Waals surface area contributed by atoms with Crippen molar-refractivity contribution in [2.24, 2.45) is 5.92 Å². The largest absolute Gasteiger partial charge is 0.481 e. The topological polar surface area (TPSA) is 67.4 Å². The Balaban J connectivity index is 1.54. The lowest BCUT2D eigenvalue weighted by Crippen LogP contribution is -2.20. The highest BCUT2D eigenvalue weighted by Gasteiger charge is 2.29. The molecule has 0 heterocycles. The minimum absolute atomic E-state index is 0.0291. The van der Waals surface area contributed by atoms with Gasteiger partial charge in [-0.15, -0.1) is 0 Å². The van der Waals surface area contributed by atoms with Crippen molar-refractivity contribution < 1.29 is 23.1 Å². The SMILES string of the molecule is O=C(COc1ccc(F)cc1F)Nc1cccc(NC(=O)C2CC2)c1. The van der Waals surface area contributed by atoms with E-state index in [1.54, 1.807) is 24.3 Å². The molecule has 25 heavy (non-hydrogen) atoms. The van der Waals surface area contributed by atoms with E-state index in [4.69, 9.17) is 4.74 Å². The molecule has 0 aromatic heterocycles. The van der Waals surface area contributed by atoms with Crippen LogP contribution in [0.4, 0.5) is 20.2 Å².